The molecule has 8 heteroatoms. The second kappa shape index (κ2) is 6.48. The minimum atomic E-state index is -3.55. The Morgan fingerprint density at radius 3 is 1.95 bits per heavy atom. The van der Waals surface area contributed by atoms with Crippen LogP contribution in [0.1, 0.15) is 0 Å². The van der Waals surface area contributed by atoms with Crippen molar-refractivity contribution in [3.05, 3.63) is 12.1 Å². The fourth-order valence-electron chi connectivity index (χ4n) is 1.42. The molecule has 7 nitrogen and oxygen atoms in total. The van der Waals surface area contributed by atoms with E-state index in [-0.39, 0.29) is 12.4 Å². The second-order valence-electron chi connectivity index (χ2n) is 3.58. The molecule has 108 valence electrons. The average Bonchev–Trinajstić information content (AvgIpc) is 2.35. The Bertz CT molecular complexity index is 503. The summed E-state index contributed by atoms with van der Waals surface area (Å²) in [4.78, 5) is 0. The molecule has 1 rings (SSSR count). The van der Waals surface area contributed by atoms with Crippen molar-refractivity contribution in [2.45, 2.75) is 0 Å². The van der Waals surface area contributed by atoms with Gasteiger partial charge in [0.15, 0.2) is 11.5 Å². The number of hydrogen-bond donors (Lipinski definition) is 1. The maximum Gasteiger partial charge on any atom is 0.212 e. The number of nitrogens with two attached hydrogens (primary N) is 1. The van der Waals surface area contributed by atoms with Gasteiger partial charge in [0.1, 0.15) is 12.4 Å². The van der Waals surface area contributed by atoms with Gasteiger partial charge in [-0.15, -0.1) is 0 Å². The maximum atomic E-state index is 10.8. The molecule has 0 heterocycles. The summed E-state index contributed by atoms with van der Waals surface area (Å²) in [5.74, 6) is 1.41. The minimum absolute atomic E-state index is 0.0581. The maximum absolute atomic E-state index is 10.8. The summed E-state index contributed by atoms with van der Waals surface area (Å²) in [5.41, 5.74) is 0. The highest BCUT2D eigenvalue weighted by Crippen LogP contribution is 2.40. The Balaban J connectivity index is 2.90. The molecular formula is C11H17NO6S. The fourth-order valence-corrected chi connectivity index (χ4v) is 1.73. The third-order valence-electron chi connectivity index (χ3n) is 2.27. The molecule has 0 atom stereocenters. The highest BCUT2D eigenvalue weighted by atomic mass is 32.2. The smallest absolute Gasteiger partial charge is 0.212 e. The van der Waals surface area contributed by atoms with E-state index in [2.05, 4.69) is 0 Å². The Kier molecular flexibility index (Phi) is 5.25. The van der Waals surface area contributed by atoms with E-state index in [1.165, 1.54) is 21.3 Å². The van der Waals surface area contributed by atoms with Crippen LogP contribution in [0.15, 0.2) is 12.1 Å². The first-order chi connectivity index (χ1) is 8.91. The second-order valence-corrected chi connectivity index (χ2v) is 5.31. The molecule has 1 aromatic carbocycles. The van der Waals surface area contributed by atoms with Crippen molar-refractivity contribution >= 4 is 10.0 Å². The van der Waals surface area contributed by atoms with E-state index in [1.807, 2.05) is 0 Å². The third-order valence-corrected chi connectivity index (χ3v) is 3.01. The number of hydrogen-bond acceptors (Lipinski definition) is 6. The Hall–Kier alpha value is -1.67. The van der Waals surface area contributed by atoms with Crippen LogP contribution in [0.5, 0.6) is 23.0 Å². The fraction of sp³-hybridized carbons (Fsp3) is 0.455. The van der Waals surface area contributed by atoms with Crippen LogP contribution in [0.3, 0.4) is 0 Å². The molecular weight excluding hydrogens is 274 g/mol. The number of benzene rings is 1. The van der Waals surface area contributed by atoms with Crippen LogP contribution in [-0.4, -0.2) is 42.1 Å². The van der Waals surface area contributed by atoms with Crippen LogP contribution in [-0.2, 0) is 10.0 Å². The molecule has 0 amide bonds. The van der Waals surface area contributed by atoms with E-state index in [0.29, 0.717) is 23.0 Å². The van der Waals surface area contributed by atoms with E-state index in [0.717, 1.165) is 0 Å². The van der Waals surface area contributed by atoms with Crippen LogP contribution in [0.25, 0.3) is 0 Å². The van der Waals surface area contributed by atoms with Crippen molar-refractivity contribution in [3.63, 3.8) is 0 Å². The topological polar surface area (TPSA) is 97.1 Å². The summed E-state index contributed by atoms with van der Waals surface area (Å²) in [6.45, 7) is -0.0581. The molecule has 2 N–H and O–H groups in total. The van der Waals surface area contributed by atoms with Gasteiger partial charge in [-0.25, -0.2) is 13.6 Å². The molecule has 1 aromatic rings. The number of ether oxygens (including phenoxy) is 4. The van der Waals surface area contributed by atoms with Gasteiger partial charge in [-0.1, -0.05) is 0 Å². The average molecular weight is 291 g/mol. The first-order valence-electron chi connectivity index (χ1n) is 5.34. The molecule has 0 radical (unpaired) electrons. The lowest BCUT2D eigenvalue weighted by molar-refractivity contribution is 0.308. The van der Waals surface area contributed by atoms with E-state index < -0.39 is 10.0 Å². The van der Waals surface area contributed by atoms with Crippen LogP contribution >= 0.6 is 0 Å². The minimum Gasteiger partial charge on any atom is -0.493 e. The molecule has 19 heavy (non-hydrogen) atoms. The number of rotatable bonds is 7. The Morgan fingerprint density at radius 2 is 1.58 bits per heavy atom. The summed E-state index contributed by atoms with van der Waals surface area (Å²) in [7, 11) is 0.893. The van der Waals surface area contributed by atoms with E-state index >= 15 is 0 Å². The third kappa shape index (κ3) is 4.49. The number of methoxy groups -OCH3 is 3. The van der Waals surface area contributed by atoms with Gasteiger partial charge in [-0.2, -0.15) is 0 Å². The van der Waals surface area contributed by atoms with Gasteiger partial charge in [0.25, 0.3) is 0 Å². The Labute approximate surface area is 112 Å². The lowest BCUT2D eigenvalue weighted by Gasteiger charge is -2.14. The molecule has 0 bridgehead atoms. The predicted molar refractivity (Wildman–Crippen MR) is 69.6 cm³/mol. The van der Waals surface area contributed by atoms with Crippen LogP contribution < -0.4 is 24.1 Å². The van der Waals surface area contributed by atoms with Gasteiger partial charge in [-0.05, 0) is 0 Å². The molecule has 0 saturated heterocycles. The summed E-state index contributed by atoms with van der Waals surface area (Å²) in [6.07, 6.45) is 0. The van der Waals surface area contributed by atoms with Crippen LogP contribution in [0.4, 0.5) is 0 Å². The van der Waals surface area contributed by atoms with Gasteiger partial charge in [0, 0.05) is 12.1 Å². The highest BCUT2D eigenvalue weighted by Gasteiger charge is 2.14. The molecule has 0 aliphatic rings. The van der Waals surface area contributed by atoms with Gasteiger partial charge in [-0.3, -0.25) is 0 Å². The zero-order valence-corrected chi connectivity index (χ0v) is 11.8. The monoisotopic (exact) mass is 291 g/mol. The van der Waals surface area contributed by atoms with Crippen molar-refractivity contribution in [1.29, 1.82) is 0 Å². The molecule has 0 aliphatic heterocycles. The Morgan fingerprint density at radius 1 is 1.05 bits per heavy atom. The number of sulfonamides is 1. The van der Waals surface area contributed by atoms with Crippen LogP contribution in [0.2, 0.25) is 0 Å². The quantitative estimate of drug-likeness (QED) is 0.780. The van der Waals surface area contributed by atoms with Crippen LogP contribution in [0, 0.1) is 0 Å². The normalized spacial score (nSPS) is 10.9. The van der Waals surface area contributed by atoms with Crippen molar-refractivity contribution in [2.75, 3.05) is 33.7 Å². The molecule has 0 unspecified atom stereocenters. The summed E-state index contributed by atoms with van der Waals surface area (Å²) in [6, 6.07) is 3.15. The molecule has 0 saturated carbocycles. The summed E-state index contributed by atoms with van der Waals surface area (Å²) < 4.78 is 42.3. The summed E-state index contributed by atoms with van der Waals surface area (Å²) in [5, 5.41) is 4.88. The van der Waals surface area contributed by atoms with E-state index in [1.54, 1.807) is 12.1 Å². The molecule has 0 fully saturated rings. The van der Waals surface area contributed by atoms with E-state index in [9.17, 15) is 8.42 Å². The molecule has 0 aliphatic carbocycles. The van der Waals surface area contributed by atoms with Gasteiger partial charge < -0.3 is 18.9 Å². The molecule has 0 spiro atoms. The SMILES string of the molecule is COc1cc(OCCS(N)(=O)=O)cc(OC)c1OC. The van der Waals surface area contributed by atoms with Gasteiger partial charge >= 0.3 is 0 Å². The zero-order chi connectivity index (χ0) is 14.5. The van der Waals surface area contributed by atoms with Crippen molar-refractivity contribution < 1.29 is 27.4 Å². The first-order valence-corrected chi connectivity index (χ1v) is 7.06. The lowest BCUT2D eigenvalue weighted by atomic mass is 10.2. The van der Waals surface area contributed by atoms with Crippen molar-refractivity contribution in [3.8, 4) is 23.0 Å². The number of primary sulfonamides is 1. The van der Waals surface area contributed by atoms with Crippen molar-refractivity contribution in [2.24, 2.45) is 5.14 Å². The summed E-state index contributed by atoms with van der Waals surface area (Å²) >= 11 is 0. The predicted octanol–water partition coefficient (Wildman–Crippen LogP) is 0.380. The standard InChI is InChI=1S/C11H17NO6S/c1-15-9-6-8(18-4-5-19(12,13)14)7-10(16-2)11(9)17-3/h6-7H,4-5H2,1-3H3,(H2,12,13,14). The first kappa shape index (κ1) is 15.4. The van der Waals surface area contributed by atoms with Gasteiger partial charge in [0.2, 0.25) is 15.8 Å². The highest BCUT2D eigenvalue weighted by molar-refractivity contribution is 7.89. The zero-order valence-electron chi connectivity index (χ0n) is 11.0. The lowest BCUT2D eigenvalue weighted by Crippen LogP contribution is -2.21. The van der Waals surface area contributed by atoms with E-state index in [4.69, 9.17) is 24.1 Å². The van der Waals surface area contributed by atoms with Crippen molar-refractivity contribution in [1.82, 2.24) is 0 Å². The van der Waals surface area contributed by atoms with Gasteiger partial charge in [0.05, 0.1) is 27.1 Å². The largest absolute Gasteiger partial charge is 0.493 e. The molecule has 0 aromatic heterocycles.